The lowest BCUT2D eigenvalue weighted by Crippen LogP contribution is -2.11. The van der Waals surface area contributed by atoms with E-state index in [0.717, 1.165) is 29.2 Å². The largest absolute Gasteiger partial charge is 0.496 e. The lowest BCUT2D eigenvalue weighted by Gasteiger charge is -2.15. The molecule has 0 aromatic heterocycles. The zero-order valence-corrected chi connectivity index (χ0v) is 15.3. The first kappa shape index (κ1) is 19.4. The smallest absolute Gasteiger partial charge is 0.419 e. The van der Waals surface area contributed by atoms with E-state index in [-0.39, 0.29) is 10.6 Å². The monoisotopic (exact) mass is 397 g/mol. The molecular formula is C19H18F3NO3S. The number of hydrogen-bond acceptors (Lipinski definition) is 3. The highest BCUT2D eigenvalue weighted by Gasteiger charge is 2.35. The van der Waals surface area contributed by atoms with Crippen molar-refractivity contribution in [2.45, 2.75) is 30.3 Å². The van der Waals surface area contributed by atoms with Crippen molar-refractivity contribution in [1.82, 2.24) is 0 Å². The Morgan fingerprint density at radius 1 is 0.963 bits per heavy atom. The number of nitrogens with two attached hydrogens (primary N) is 1. The lowest BCUT2D eigenvalue weighted by molar-refractivity contribution is -0.138. The van der Waals surface area contributed by atoms with Crippen molar-refractivity contribution in [3.8, 4) is 5.75 Å². The second-order valence-electron chi connectivity index (χ2n) is 6.29. The Balaban J connectivity index is 2.07. The quantitative estimate of drug-likeness (QED) is 0.828. The van der Waals surface area contributed by atoms with Gasteiger partial charge in [-0.2, -0.15) is 13.2 Å². The number of methoxy groups -OCH3 is 1. The van der Waals surface area contributed by atoms with Crippen LogP contribution in [0.5, 0.6) is 5.75 Å². The Hall–Kier alpha value is -2.32. The maximum atomic E-state index is 13.3. The summed E-state index contributed by atoms with van der Waals surface area (Å²) in [6.07, 6.45) is -2.35. The van der Waals surface area contributed by atoms with Crippen LogP contribution in [0, 0.1) is 0 Å². The summed E-state index contributed by atoms with van der Waals surface area (Å²) in [5.74, 6) is -0.219. The van der Waals surface area contributed by atoms with Gasteiger partial charge in [0, 0.05) is 0 Å². The molecule has 1 aliphatic carbocycles. The molecule has 1 aliphatic rings. The minimum atomic E-state index is -4.52. The van der Waals surface area contributed by atoms with Crippen LogP contribution in [0.4, 0.5) is 13.2 Å². The average Bonchev–Trinajstić information content (AvgIpc) is 3.09. The molecule has 0 amide bonds. The molecule has 0 saturated heterocycles. The van der Waals surface area contributed by atoms with Gasteiger partial charge < -0.3 is 4.74 Å². The van der Waals surface area contributed by atoms with Crippen LogP contribution in [-0.4, -0.2) is 15.5 Å². The third-order valence-corrected chi connectivity index (χ3v) is 5.53. The van der Waals surface area contributed by atoms with Crippen LogP contribution in [0.15, 0.2) is 47.4 Å². The summed E-state index contributed by atoms with van der Waals surface area (Å²) in [7, 11) is -2.59. The van der Waals surface area contributed by atoms with Crippen molar-refractivity contribution < 1.29 is 26.3 Å². The minimum absolute atomic E-state index is 0.00444. The van der Waals surface area contributed by atoms with Crippen molar-refractivity contribution in [3.05, 3.63) is 59.2 Å². The first-order valence-electron chi connectivity index (χ1n) is 8.22. The summed E-state index contributed by atoms with van der Waals surface area (Å²) in [6.45, 7) is 0. The van der Waals surface area contributed by atoms with Crippen LogP contribution in [0.1, 0.15) is 36.0 Å². The highest BCUT2D eigenvalue weighted by atomic mass is 32.2. The van der Waals surface area contributed by atoms with E-state index in [9.17, 15) is 21.6 Å². The molecule has 4 nitrogen and oxygen atoms in total. The number of halogens is 3. The van der Waals surface area contributed by atoms with E-state index in [4.69, 9.17) is 9.88 Å². The fraction of sp³-hybridized carbons (Fsp3) is 0.263. The third kappa shape index (κ3) is 4.01. The molecule has 2 aromatic carbocycles. The summed E-state index contributed by atoms with van der Waals surface area (Å²) in [5, 5.41) is 5.11. The van der Waals surface area contributed by atoms with Gasteiger partial charge >= 0.3 is 6.18 Å². The van der Waals surface area contributed by atoms with Gasteiger partial charge in [0.25, 0.3) is 0 Å². The van der Waals surface area contributed by atoms with Crippen LogP contribution in [0.2, 0.25) is 0 Å². The first-order chi connectivity index (χ1) is 12.6. The van der Waals surface area contributed by atoms with Gasteiger partial charge in [-0.25, -0.2) is 13.6 Å². The van der Waals surface area contributed by atoms with Gasteiger partial charge in [-0.15, -0.1) is 0 Å². The van der Waals surface area contributed by atoms with E-state index in [1.165, 1.54) is 25.3 Å². The van der Waals surface area contributed by atoms with Crippen molar-refractivity contribution in [3.63, 3.8) is 0 Å². The second kappa shape index (κ2) is 7.01. The molecule has 0 bridgehead atoms. The molecule has 8 heteroatoms. The molecule has 2 aromatic rings. The number of benzene rings is 2. The van der Waals surface area contributed by atoms with Crippen molar-refractivity contribution >= 4 is 21.2 Å². The highest BCUT2D eigenvalue weighted by molar-refractivity contribution is 7.89. The summed E-state index contributed by atoms with van der Waals surface area (Å²) in [6, 6.07) is 10.1. The Labute approximate surface area is 155 Å². The van der Waals surface area contributed by atoms with Crippen LogP contribution in [0.3, 0.4) is 0 Å². The van der Waals surface area contributed by atoms with Crippen molar-refractivity contribution in [1.29, 1.82) is 0 Å². The van der Waals surface area contributed by atoms with Crippen LogP contribution < -0.4 is 9.88 Å². The molecule has 3 rings (SSSR count). The van der Waals surface area contributed by atoms with Gasteiger partial charge in [-0.05, 0) is 65.8 Å². The minimum Gasteiger partial charge on any atom is -0.496 e. The summed E-state index contributed by atoms with van der Waals surface area (Å²) in [4.78, 5) is -0.00444. The number of rotatable bonds is 4. The second-order valence-corrected chi connectivity index (χ2v) is 7.85. The molecule has 144 valence electrons. The Kier molecular flexibility index (Phi) is 5.05. The highest BCUT2D eigenvalue weighted by Crippen LogP contribution is 2.43. The van der Waals surface area contributed by atoms with E-state index in [1.54, 1.807) is 18.2 Å². The van der Waals surface area contributed by atoms with E-state index in [0.29, 0.717) is 18.4 Å². The maximum Gasteiger partial charge on any atom is 0.419 e. The van der Waals surface area contributed by atoms with Crippen LogP contribution in [0.25, 0.3) is 11.1 Å². The van der Waals surface area contributed by atoms with Gasteiger partial charge in [0.2, 0.25) is 10.0 Å². The molecule has 0 saturated carbocycles. The molecule has 0 atom stereocenters. The summed E-state index contributed by atoms with van der Waals surface area (Å²) >= 11 is 0. The number of allylic oxidation sites excluding steroid dienone is 2. The number of primary sulfonamides is 1. The fourth-order valence-electron chi connectivity index (χ4n) is 3.34. The Bertz CT molecular complexity index is 994. The molecule has 0 aliphatic heterocycles. The van der Waals surface area contributed by atoms with Crippen molar-refractivity contribution in [2.24, 2.45) is 5.14 Å². The number of alkyl halides is 3. The van der Waals surface area contributed by atoms with E-state index >= 15 is 0 Å². The van der Waals surface area contributed by atoms with Gasteiger partial charge in [-0.1, -0.05) is 18.2 Å². The maximum absolute atomic E-state index is 13.3. The third-order valence-electron chi connectivity index (χ3n) is 4.60. The molecular weight excluding hydrogens is 379 g/mol. The van der Waals surface area contributed by atoms with Gasteiger partial charge in [0.1, 0.15) is 5.75 Å². The molecule has 0 fully saturated rings. The predicted molar refractivity (Wildman–Crippen MR) is 96.5 cm³/mol. The average molecular weight is 397 g/mol. The normalized spacial score (nSPS) is 15.3. The van der Waals surface area contributed by atoms with Gasteiger partial charge in [0.05, 0.1) is 17.6 Å². The van der Waals surface area contributed by atoms with Crippen LogP contribution >= 0.6 is 0 Å². The summed E-state index contributed by atoms with van der Waals surface area (Å²) in [5.41, 5.74) is 2.19. The SMILES string of the molecule is COc1ccc(C2=C(c3ccc(S(N)(=O)=O)cc3)CCC2)cc1C(F)(F)F. The van der Waals surface area contributed by atoms with E-state index in [1.807, 2.05) is 0 Å². The molecule has 27 heavy (non-hydrogen) atoms. The molecule has 0 heterocycles. The topological polar surface area (TPSA) is 69.4 Å². The summed E-state index contributed by atoms with van der Waals surface area (Å²) < 4.78 is 67.6. The molecule has 2 N–H and O–H groups in total. The standard InChI is InChI=1S/C19H18F3NO3S/c1-26-18-10-7-13(11-17(18)19(20,21)22)16-4-2-3-15(16)12-5-8-14(9-6-12)27(23,24)25/h5-11H,2-4H2,1H3,(H2,23,24,25). The molecule has 0 radical (unpaired) electrons. The molecule has 0 spiro atoms. The zero-order valence-electron chi connectivity index (χ0n) is 14.5. The van der Waals surface area contributed by atoms with Crippen LogP contribution in [-0.2, 0) is 16.2 Å². The van der Waals surface area contributed by atoms with E-state index in [2.05, 4.69) is 0 Å². The first-order valence-corrected chi connectivity index (χ1v) is 9.77. The van der Waals surface area contributed by atoms with Gasteiger partial charge in [0.15, 0.2) is 0 Å². The molecule has 0 unspecified atom stereocenters. The number of hydrogen-bond donors (Lipinski definition) is 1. The number of ether oxygens (including phenoxy) is 1. The number of sulfonamides is 1. The Morgan fingerprint density at radius 3 is 2.04 bits per heavy atom. The fourth-order valence-corrected chi connectivity index (χ4v) is 3.86. The lowest BCUT2D eigenvalue weighted by atomic mass is 9.95. The van der Waals surface area contributed by atoms with E-state index < -0.39 is 21.8 Å². The van der Waals surface area contributed by atoms with Crippen molar-refractivity contribution in [2.75, 3.05) is 7.11 Å². The predicted octanol–water partition coefficient (Wildman–Crippen LogP) is 4.46. The zero-order chi connectivity index (χ0) is 19.8. The van der Waals surface area contributed by atoms with Gasteiger partial charge in [-0.3, -0.25) is 0 Å². The Morgan fingerprint density at radius 2 is 1.52 bits per heavy atom.